The molecule has 13 heavy (non-hydrogen) atoms. The lowest BCUT2D eigenvalue weighted by molar-refractivity contribution is 0.126. The van der Waals surface area contributed by atoms with E-state index in [0.29, 0.717) is 0 Å². The Morgan fingerprint density at radius 2 is 2.38 bits per heavy atom. The van der Waals surface area contributed by atoms with Crippen molar-refractivity contribution in [3.63, 3.8) is 0 Å². The van der Waals surface area contributed by atoms with Crippen molar-refractivity contribution < 1.29 is 9.84 Å². The van der Waals surface area contributed by atoms with Crippen molar-refractivity contribution in [3.8, 4) is 0 Å². The highest BCUT2D eigenvalue weighted by molar-refractivity contribution is 4.99. The second-order valence-corrected chi connectivity index (χ2v) is 3.20. The Kier molecular flexibility index (Phi) is 3.68. The molecule has 0 spiro atoms. The first-order valence-corrected chi connectivity index (χ1v) is 4.60. The van der Waals surface area contributed by atoms with E-state index >= 15 is 0 Å². The molecular weight excluding hydrogens is 166 g/mol. The fraction of sp³-hybridized carbons (Fsp3) is 0.600. The summed E-state index contributed by atoms with van der Waals surface area (Å²) < 4.78 is 4.76. The molecule has 0 amide bonds. The largest absolute Gasteiger partial charge is 0.499 e. The predicted octanol–water partition coefficient (Wildman–Crippen LogP) is 2.03. The van der Waals surface area contributed by atoms with E-state index in [9.17, 15) is 5.11 Å². The summed E-state index contributed by atoms with van der Waals surface area (Å²) in [5.41, 5.74) is 0. The summed E-state index contributed by atoms with van der Waals surface area (Å²) in [6.07, 6.45) is 6.62. The van der Waals surface area contributed by atoms with Crippen LogP contribution < -0.4 is 0 Å². The van der Waals surface area contributed by atoms with E-state index in [2.05, 4.69) is 6.58 Å². The molecule has 1 aliphatic heterocycles. The van der Waals surface area contributed by atoms with Crippen molar-refractivity contribution in [1.29, 1.82) is 0 Å². The van der Waals surface area contributed by atoms with Crippen LogP contribution in [0.4, 0.5) is 0 Å². The van der Waals surface area contributed by atoms with Crippen LogP contribution in [-0.2, 0) is 4.74 Å². The third kappa shape index (κ3) is 2.41. The molecule has 1 atom stereocenters. The first-order chi connectivity index (χ1) is 6.29. The molecule has 1 unspecified atom stereocenters. The van der Waals surface area contributed by atoms with E-state index in [1.54, 1.807) is 0 Å². The van der Waals surface area contributed by atoms with Crippen LogP contribution >= 0.6 is 0 Å². The molecule has 0 bridgehead atoms. The van der Waals surface area contributed by atoms with E-state index in [-0.39, 0.29) is 11.9 Å². The molecule has 0 aromatic heterocycles. The zero-order valence-corrected chi connectivity index (χ0v) is 8.07. The van der Waals surface area contributed by atoms with Gasteiger partial charge in [0.1, 0.15) is 6.26 Å². The lowest BCUT2D eigenvalue weighted by atomic mass is 10.0. The van der Waals surface area contributed by atoms with Crippen LogP contribution in [0.3, 0.4) is 0 Å². The number of methoxy groups -OCH3 is 1. The zero-order valence-electron chi connectivity index (χ0n) is 8.07. The Morgan fingerprint density at radius 3 is 3.00 bits per heavy atom. The minimum atomic E-state index is 0.201. The molecule has 1 fully saturated rings. The third-order valence-electron chi connectivity index (χ3n) is 2.34. The van der Waals surface area contributed by atoms with Gasteiger partial charge in [-0.3, -0.25) is 0 Å². The van der Waals surface area contributed by atoms with Crippen molar-refractivity contribution >= 4 is 0 Å². The smallest absolute Gasteiger partial charge is 0.223 e. The van der Waals surface area contributed by atoms with E-state index in [1.807, 2.05) is 11.0 Å². The molecule has 0 radical (unpaired) electrons. The molecule has 3 nitrogen and oxygen atoms in total. The highest BCUT2D eigenvalue weighted by atomic mass is 16.5. The Balaban J connectivity index is 2.63. The molecule has 1 aliphatic rings. The topological polar surface area (TPSA) is 32.7 Å². The van der Waals surface area contributed by atoms with Crippen molar-refractivity contribution in [1.82, 2.24) is 4.90 Å². The van der Waals surface area contributed by atoms with Gasteiger partial charge < -0.3 is 14.7 Å². The van der Waals surface area contributed by atoms with Crippen LogP contribution in [0.15, 0.2) is 24.8 Å². The Bertz CT molecular complexity index is 201. The Morgan fingerprint density at radius 1 is 1.62 bits per heavy atom. The third-order valence-corrected chi connectivity index (χ3v) is 2.34. The molecule has 0 aromatic carbocycles. The van der Waals surface area contributed by atoms with Crippen molar-refractivity contribution in [3.05, 3.63) is 24.8 Å². The molecule has 0 aromatic rings. The molecule has 0 aliphatic carbocycles. The summed E-state index contributed by atoms with van der Waals surface area (Å²) >= 11 is 0. The lowest BCUT2D eigenvalue weighted by Crippen LogP contribution is -2.37. The molecule has 1 heterocycles. The van der Waals surface area contributed by atoms with E-state index < -0.39 is 0 Å². The fourth-order valence-electron chi connectivity index (χ4n) is 1.66. The minimum absolute atomic E-state index is 0.201. The Hall–Kier alpha value is -1.12. The van der Waals surface area contributed by atoms with Gasteiger partial charge in [0.25, 0.3) is 0 Å². The minimum Gasteiger partial charge on any atom is -0.499 e. The summed E-state index contributed by atoms with van der Waals surface area (Å²) in [6, 6.07) is 0.250. The van der Waals surface area contributed by atoms with Gasteiger partial charge in [0.05, 0.1) is 7.11 Å². The monoisotopic (exact) mass is 183 g/mol. The fourth-order valence-corrected chi connectivity index (χ4v) is 1.66. The van der Waals surface area contributed by atoms with Crippen molar-refractivity contribution in [2.45, 2.75) is 25.3 Å². The number of nitrogens with zero attached hydrogens (tertiary/aromatic N) is 1. The van der Waals surface area contributed by atoms with Gasteiger partial charge in [0, 0.05) is 12.6 Å². The lowest BCUT2D eigenvalue weighted by Gasteiger charge is -2.34. The molecule has 0 saturated carbocycles. The number of hydrogen-bond acceptors (Lipinski definition) is 3. The van der Waals surface area contributed by atoms with E-state index in [1.165, 1.54) is 19.8 Å². The second-order valence-electron chi connectivity index (χ2n) is 3.20. The standard InChI is InChI=1S/C10H17NO2/c1-3-9-6-4-5-7-11(9)10(12)8-13-2/h3,8-9,12H,1,4-7H2,2H3/b10-8+. The second kappa shape index (κ2) is 4.80. The predicted molar refractivity (Wildman–Crippen MR) is 52.3 cm³/mol. The van der Waals surface area contributed by atoms with Crippen LogP contribution in [0.25, 0.3) is 0 Å². The summed E-state index contributed by atoms with van der Waals surface area (Å²) in [5, 5.41) is 9.59. The van der Waals surface area contributed by atoms with Gasteiger partial charge in [0.15, 0.2) is 0 Å². The van der Waals surface area contributed by atoms with Crippen molar-refractivity contribution in [2.24, 2.45) is 0 Å². The van der Waals surface area contributed by atoms with Gasteiger partial charge in [-0.1, -0.05) is 6.08 Å². The van der Waals surface area contributed by atoms with Crippen LogP contribution in [0, 0.1) is 0 Å². The SMILES string of the molecule is C=CC1CCCCN1/C(O)=C\OC. The van der Waals surface area contributed by atoms with Gasteiger partial charge in [-0.15, -0.1) is 6.58 Å². The maximum atomic E-state index is 9.59. The number of aliphatic hydroxyl groups is 1. The first kappa shape index (κ1) is 9.96. The van der Waals surface area contributed by atoms with Gasteiger partial charge in [-0.05, 0) is 19.3 Å². The average Bonchev–Trinajstić information content (AvgIpc) is 2.18. The van der Waals surface area contributed by atoms with E-state index in [0.717, 1.165) is 19.4 Å². The molecular formula is C10H17NO2. The zero-order chi connectivity index (χ0) is 9.68. The van der Waals surface area contributed by atoms with Gasteiger partial charge >= 0.3 is 0 Å². The summed E-state index contributed by atoms with van der Waals surface area (Å²) in [5.74, 6) is 0.201. The summed E-state index contributed by atoms with van der Waals surface area (Å²) in [6.45, 7) is 4.63. The highest BCUT2D eigenvalue weighted by Gasteiger charge is 2.21. The highest BCUT2D eigenvalue weighted by Crippen LogP contribution is 2.20. The van der Waals surface area contributed by atoms with Crippen LogP contribution in [0.1, 0.15) is 19.3 Å². The number of rotatable bonds is 3. The van der Waals surface area contributed by atoms with Crippen molar-refractivity contribution in [2.75, 3.05) is 13.7 Å². The number of aliphatic hydroxyl groups excluding tert-OH is 1. The number of hydrogen-bond donors (Lipinski definition) is 1. The van der Waals surface area contributed by atoms with Crippen LogP contribution in [-0.4, -0.2) is 29.7 Å². The average molecular weight is 183 g/mol. The van der Waals surface area contributed by atoms with Crippen LogP contribution in [0.2, 0.25) is 0 Å². The summed E-state index contributed by atoms with van der Waals surface area (Å²) in [7, 11) is 1.53. The maximum absolute atomic E-state index is 9.59. The van der Waals surface area contributed by atoms with E-state index in [4.69, 9.17) is 4.74 Å². The number of likely N-dealkylation sites (tertiary alicyclic amines) is 1. The first-order valence-electron chi connectivity index (χ1n) is 4.60. The normalized spacial score (nSPS) is 24.2. The van der Waals surface area contributed by atoms with Gasteiger partial charge in [-0.2, -0.15) is 0 Å². The molecule has 1 rings (SSSR count). The van der Waals surface area contributed by atoms with Crippen LogP contribution in [0.5, 0.6) is 0 Å². The number of ether oxygens (including phenoxy) is 1. The maximum Gasteiger partial charge on any atom is 0.223 e. The van der Waals surface area contributed by atoms with Gasteiger partial charge in [0.2, 0.25) is 5.88 Å². The number of piperidine rings is 1. The molecule has 74 valence electrons. The molecule has 3 heteroatoms. The molecule has 1 saturated heterocycles. The molecule has 1 N–H and O–H groups in total. The Labute approximate surface area is 79.3 Å². The quantitative estimate of drug-likeness (QED) is 0.536. The van der Waals surface area contributed by atoms with Gasteiger partial charge in [-0.25, -0.2) is 0 Å². The summed E-state index contributed by atoms with van der Waals surface area (Å²) in [4.78, 5) is 1.92.